The van der Waals surface area contributed by atoms with Gasteiger partial charge in [0.25, 0.3) is 0 Å². The van der Waals surface area contributed by atoms with Gasteiger partial charge in [0.2, 0.25) is 0 Å². The number of aromatic nitrogens is 3. The number of halogens is 2. The van der Waals surface area contributed by atoms with Gasteiger partial charge in [-0.3, -0.25) is 9.36 Å². The lowest BCUT2D eigenvalue weighted by molar-refractivity contribution is -0.133. The Bertz CT molecular complexity index is 703. The van der Waals surface area contributed by atoms with Crippen molar-refractivity contribution in [3.8, 4) is 5.69 Å². The molecule has 0 saturated heterocycles. The highest BCUT2D eigenvalue weighted by molar-refractivity contribution is 9.10. The molecule has 1 aromatic heterocycles. The Kier molecular flexibility index (Phi) is 4.24. The predicted molar refractivity (Wildman–Crippen MR) is 84.4 cm³/mol. The summed E-state index contributed by atoms with van der Waals surface area (Å²) in [6.45, 7) is 0. The molecule has 0 amide bonds. The van der Waals surface area contributed by atoms with Crippen molar-refractivity contribution in [2.24, 2.45) is 0 Å². The minimum atomic E-state index is -0.878. The Balaban J connectivity index is 2.02. The summed E-state index contributed by atoms with van der Waals surface area (Å²) in [6, 6.07) is 5.60. The fourth-order valence-corrected chi connectivity index (χ4v) is 3.07. The van der Waals surface area contributed by atoms with Crippen molar-refractivity contribution in [2.75, 3.05) is 5.75 Å². The smallest absolute Gasteiger partial charge is 0.313 e. The van der Waals surface area contributed by atoms with E-state index in [2.05, 4.69) is 26.1 Å². The molecule has 1 N–H and O–H groups in total. The molecule has 0 unspecified atom stereocenters. The molecule has 0 spiro atoms. The molecule has 0 atom stereocenters. The summed E-state index contributed by atoms with van der Waals surface area (Å²) >= 11 is 10.7. The van der Waals surface area contributed by atoms with Gasteiger partial charge in [0.1, 0.15) is 5.82 Å². The monoisotopic (exact) mass is 387 g/mol. The van der Waals surface area contributed by atoms with E-state index in [1.54, 1.807) is 0 Å². The summed E-state index contributed by atoms with van der Waals surface area (Å²) in [5.41, 5.74) is 0.850. The van der Waals surface area contributed by atoms with Crippen molar-refractivity contribution < 1.29 is 9.90 Å². The van der Waals surface area contributed by atoms with Gasteiger partial charge in [0.05, 0.1) is 16.5 Å². The van der Waals surface area contributed by atoms with Gasteiger partial charge in [-0.2, -0.15) is 0 Å². The van der Waals surface area contributed by atoms with Crippen molar-refractivity contribution in [3.05, 3.63) is 33.5 Å². The van der Waals surface area contributed by atoms with Gasteiger partial charge in [-0.15, -0.1) is 10.2 Å². The molecule has 110 valence electrons. The van der Waals surface area contributed by atoms with Gasteiger partial charge >= 0.3 is 5.97 Å². The van der Waals surface area contributed by atoms with Crippen LogP contribution in [0.3, 0.4) is 0 Å². The second-order valence-electron chi connectivity index (χ2n) is 4.73. The Morgan fingerprint density at radius 2 is 2.24 bits per heavy atom. The Labute approximate surface area is 138 Å². The van der Waals surface area contributed by atoms with Crippen LogP contribution in [-0.4, -0.2) is 31.6 Å². The molecule has 1 aliphatic rings. The molecular weight excluding hydrogens is 378 g/mol. The molecule has 21 heavy (non-hydrogen) atoms. The summed E-state index contributed by atoms with van der Waals surface area (Å²) in [4.78, 5) is 10.8. The quantitative estimate of drug-likeness (QED) is 0.790. The lowest BCUT2D eigenvalue weighted by Crippen LogP contribution is -2.04. The highest BCUT2D eigenvalue weighted by atomic mass is 79.9. The molecule has 5 nitrogen and oxygen atoms in total. The van der Waals surface area contributed by atoms with Gasteiger partial charge in [-0.25, -0.2) is 0 Å². The molecule has 0 bridgehead atoms. The third-order valence-corrected chi connectivity index (χ3v) is 5.23. The number of aliphatic carboxylic acids is 1. The predicted octanol–water partition coefficient (Wildman–Crippen LogP) is 3.74. The van der Waals surface area contributed by atoms with Crippen LogP contribution >= 0.6 is 39.3 Å². The first-order valence-electron chi connectivity index (χ1n) is 6.31. The molecule has 1 aromatic carbocycles. The zero-order chi connectivity index (χ0) is 15.0. The molecular formula is C13H11BrClN3O2S. The molecule has 1 heterocycles. The van der Waals surface area contributed by atoms with E-state index in [0.29, 0.717) is 16.1 Å². The van der Waals surface area contributed by atoms with Crippen molar-refractivity contribution in [1.82, 2.24) is 14.8 Å². The van der Waals surface area contributed by atoms with Crippen LogP contribution in [0.15, 0.2) is 27.8 Å². The average Bonchev–Trinajstić information content (AvgIpc) is 3.20. The van der Waals surface area contributed by atoms with Gasteiger partial charge in [0.15, 0.2) is 5.16 Å². The summed E-state index contributed by atoms with van der Waals surface area (Å²) in [5.74, 6) is 0.351. The first kappa shape index (κ1) is 14.9. The van der Waals surface area contributed by atoms with E-state index < -0.39 is 5.97 Å². The number of hydrogen-bond donors (Lipinski definition) is 1. The fraction of sp³-hybridized carbons (Fsp3) is 0.308. The summed E-state index contributed by atoms with van der Waals surface area (Å²) in [7, 11) is 0. The van der Waals surface area contributed by atoms with E-state index in [-0.39, 0.29) is 5.75 Å². The number of carbonyl (C=O) groups is 1. The first-order valence-corrected chi connectivity index (χ1v) is 8.47. The maximum Gasteiger partial charge on any atom is 0.313 e. The average molecular weight is 389 g/mol. The van der Waals surface area contributed by atoms with Crippen LogP contribution in [-0.2, 0) is 4.79 Å². The zero-order valence-electron chi connectivity index (χ0n) is 10.8. The van der Waals surface area contributed by atoms with Crippen LogP contribution in [0, 0.1) is 0 Å². The summed E-state index contributed by atoms with van der Waals surface area (Å²) in [5, 5.41) is 18.4. The van der Waals surface area contributed by atoms with E-state index >= 15 is 0 Å². The van der Waals surface area contributed by atoms with E-state index in [9.17, 15) is 4.79 Å². The van der Waals surface area contributed by atoms with E-state index in [1.165, 1.54) is 0 Å². The standard InChI is InChI=1S/C13H11BrClN3O2S/c14-9-4-3-8(5-10(9)15)18-12(7-1-2-7)16-17-13(18)21-6-11(19)20/h3-5,7H,1-2,6H2,(H,19,20). The molecule has 8 heteroatoms. The Morgan fingerprint density at radius 3 is 2.86 bits per heavy atom. The number of carboxylic acids is 1. The molecule has 2 aromatic rings. The van der Waals surface area contributed by atoms with Crippen LogP contribution in [0.4, 0.5) is 0 Å². The highest BCUT2D eigenvalue weighted by Gasteiger charge is 2.31. The lowest BCUT2D eigenvalue weighted by Gasteiger charge is -2.10. The topological polar surface area (TPSA) is 68.0 Å². The van der Waals surface area contributed by atoms with Crippen LogP contribution in [0.25, 0.3) is 5.69 Å². The number of thioether (sulfide) groups is 1. The van der Waals surface area contributed by atoms with Crippen molar-refractivity contribution >= 4 is 45.3 Å². The minimum Gasteiger partial charge on any atom is -0.481 e. The van der Waals surface area contributed by atoms with E-state index in [4.69, 9.17) is 16.7 Å². The third kappa shape index (κ3) is 3.25. The maximum atomic E-state index is 10.8. The number of rotatable bonds is 5. The maximum absolute atomic E-state index is 10.8. The second kappa shape index (κ2) is 5.98. The summed E-state index contributed by atoms with van der Waals surface area (Å²) in [6.07, 6.45) is 2.18. The Morgan fingerprint density at radius 1 is 1.48 bits per heavy atom. The molecule has 1 fully saturated rings. The van der Waals surface area contributed by atoms with Crippen LogP contribution < -0.4 is 0 Å². The number of hydrogen-bond acceptors (Lipinski definition) is 4. The van der Waals surface area contributed by atoms with Crippen molar-refractivity contribution in [2.45, 2.75) is 23.9 Å². The largest absolute Gasteiger partial charge is 0.481 e. The van der Waals surface area contributed by atoms with Crippen molar-refractivity contribution in [1.29, 1.82) is 0 Å². The molecule has 3 rings (SSSR count). The molecule has 1 aliphatic carbocycles. The van der Waals surface area contributed by atoms with Crippen LogP contribution in [0.2, 0.25) is 5.02 Å². The zero-order valence-corrected chi connectivity index (χ0v) is 14.0. The van der Waals surface area contributed by atoms with E-state index in [1.807, 2.05) is 22.8 Å². The molecule has 0 radical (unpaired) electrons. The number of carboxylic acid groups (broad SMARTS) is 1. The van der Waals surface area contributed by atoms with Gasteiger partial charge in [-0.05, 0) is 47.0 Å². The van der Waals surface area contributed by atoms with Gasteiger partial charge < -0.3 is 5.11 Å². The number of benzene rings is 1. The fourth-order valence-electron chi connectivity index (χ4n) is 1.97. The first-order chi connectivity index (χ1) is 10.1. The van der Waals surface area contributed by atoms with E-state index in [0.717, 1.165) is 40.6 Å². The molecule has 1 saturated carbocycles. The second-order valence-corrected chi connectivity index (χ2v) is 6.94. The van der Waals surface area contributed by atoms with Crippen LogP contribution in [0.5, 0.6) is 0 Å². The SMILES string of the molecule is O=C(O)CSc1nnc(C2CC2)n1-c1ccc(Br)c(Cl)c1. The van der Waals surface area contributed by atoms with Gasteiger partial charge in [0, 0.05) is 10.4 Å². The number of nitrogens with zero attached hydrogens (tertiary/aromatic N) is 3. The lowest BCUT2D eigenvalue weighted by atomic mass is 10.3. The molecule has 0 aliphatic heterocycles. The summed E-state index contributed by atoms with van der Waals surface area (Å²) < 4.78 is 2.72. The minimum absolute atomic E-state index is 0.0486. The highest BCUT2D eigenvalue weighted by Crippen LogP contribution is 2.41. The van der Waals surface area contributed by atoms with Crippen molar-refractivity contribution in [3.63, 3.8) is 0 Å². The van der Waals surface area contributed by atoms with Crippen LogP contribution in [0.1, 0.15) is 24.6 Å². The third-order valence-electron chi connectivity index (χ3n) is 3.09. The Hall–Kier alpha value is -1.05. The van der Waals surface area contributed by atoms with Gasteiger partial charge in [-0.1, -0.05) is 23.4 Å². The normalized spacial score (nSPS) is 14.4.